The number of carbonyl (C=O) groups excluding carboxylic acids is 3. The van der Waals surface area contributed by atoms with Gasteiger partial charge in [-0.25, -0.2) is 4.57 Å². The molecule has 0 amide bonds. The van der Waals surface area contributed by atoms with Crippen LogP contribution in [0.3, 0.4) is 0 Å². The van der Waals surface area contributed by atoms with E-state index in [4.69, 9.17) is 42.2 Å². The molecule has 570 valence electrons. The Hall–Kier alpha value is -2.30. The minimum Gasteiger partial charge on any atom is -0.463 e. The lowest BCUT2D eigenvalue weighted by Crippen LogP contribution is -2.69. The van der Waals surface area contributed by atoms with Gasteiger partial charge < -0.3 is 89.1 Å². The maximum atomic E-state index is 14.3. The first-order chi connectivity index (χ1) is 46.8. The van der Waals surface area contributed by atoms with E-state index in [1.165, 1.54) is 128 Å². The van der Waals surface area contributed by atoms with Crippen LogP contribution < -0.4 is 0 Å². The van der Waals surface area contributed by atoms with E-state index in [1.54, 1.807) is 0 Å². The van der Waals surface area contributed by atoms with Crippen molar-refractivity contribution >= 4 is 25.7 Å². The Morgan fingerprint density at radius 2 is 0.722 bits per heavy atom. The smallest absolute Gasteiger partial charge is 0.463 e. The summed E-state index contributed by atoms with van der Waals surface area (Å²) in [5.41, 5.74) is 0. The maximum Gasteiger partial charge on any atom is 0.472 e. The molecular weight excluding hydrogens is 1280 g/mol. The molecule has 0 aromatic rings. The molecule has 25 heteroatoms. The minimum atomic E-state index is -5.69. The van der Waals surface area contributed by atoms with Crippen molar-refractivity contribution in [3.63, 3.8) is 0 Å². The van der Waals surface area contributed by atoms with Crippen LogP contribution in [0.5, 0.6) is 0 Å². The number of hydrogen-bond acceptors (Lipinski definition) is 23. The van der Waals surface area contributed by atoms with Crippen LogP contribution in [0.1, 0.15) is 297 Å². The minimum absolute atomic E-state index is 0.0248. The number of esters is 3. The van der Waals surface area contributed by atoms with Gasteiger partial charge in [-0.15, -0.1) is 0 Å². The number of unbranched alkanes of at least 4 members (excludes halogenated alkanes) is 36. The Labute approximate surface area is 580 Å². The van der Waals surface area contributed by atoms with E-state index in [1.807, 2.05) is 0 Å². The van der Waals surface area contributed by atoms with Crippen LogP contribution in [0.15, 0.2) is 12.2 Å². The first-order valence-electron chi connectivity index (χ1n) is 38.0. The Morgan fingerprint density at radius 1 is 0.392 bits per heavy atom. The van der Waals surface area contributed by atoms with Gasteiger partial charge in [0, 0.05) is 19.3 Å². The molecule has 3 rings (SSSR count). The number of rotatable bonds is 59. The lowest BCUT2D eigenvalue weighted by atomic mass is 9.84. The van der Waals surface area contributed by atoms with Gasteiger partial charge in [0.25, 0.3) is 0 Å². The van der Waals surface area contributed by atoms with Crippen LogP contribution >= 0.6 is 7.82 Å². The molecule has 18 atom stereocenters. The zero-order chi connectivity index (χ0) is 71.1. The highest BCUT2D eigenvalue weighted by Gasteiger charge is 2.58. The predicted molar refractivity (Wildman–Crippen MR) is 365 cm³/mol. The standard InChI is InChI=1S/C72H133O24P/c1-4-7-10-13-16-19-22-25-27-30-32-35-38-41-44-47-57(75)89-52-55-60(78)62(80)67(85)72(93-55)95-69-65(83)63(81)64(82)68(94-71-66(84)61(79)59(77)54(49-73)92-71)70(69)96-97(86,87)90-51-53(50-88-56(74)46-43-40-37-34-31-28-24-21-18-15-12-9-6-3)91-58(76)48-45-42-39-36-33-29-26-23-20-17-14-11-8-5-2/h19,22,53-55,59-73,77-85H,4-18,20-21,23-52H2,1-3H3,(H,86,87)/b22-19-. The number of phosphoric acid groups is 1. The molecule has 0 aromatic heterocycles. The second kappa shape index (κ2) is 54.4. The summed E-state index contributed by atoms with van der Waals surface area (Å²) in [6.07, 6.45) is 12.7. The average Bonchev–Trinajstić information content (AvgIpc) is 0.772. The average molecular weight is 1410 g/mol. The third kappa shape index (κ3) is 37.6. The largest absolute Gasteiger partial charge is 0.472 e. The van der Waals surface area contributed by atoms with E-state index in [-0.39, 0.29) is 19.3 Å². The van der Waals surface area contributed by atoms with Crippen molar-refractivity contribution in [2.45, 2.75) is 401 Å². The molecule has 3 fully saturated rings. The van der Waals surface area contributed by atoms with E-state index < -0.39 is 156 Å². The van der Waals surface area contributed by atoms with Gasteiger partial charge in [0.15, 0.2) is 18.7 Å². The molecule has 1 aliphatic carbocycles. The topological polar surface area (TPSA) is 374 Å². The number of phosphoric ester groups is 1. The van der Waals surface area contributed by atoms with Gasteiger partial charge in [-0.3, -0.25) is 23.4 Å². The summed E-state index contributed by atoms with van der Waals surface area (Å²) in [6, 6.07) is 0. The number of aliphatic hydroxyl groups excluding tert-OH is 10. The van der Waals surface area contributed by atoms with Crippen molar-refractivity contribution < 1.29 is 117 Å². The van der Waals surface area contributed by atoms with Crippen LogP contribution in [0.2, 0.25) is 0 Å². The first kappa shape index (κ1) is 88.9. The summed E-state index contributed by atoms with van der Waals surface area (Å²) in [7, 11) is -5.69. The Balaban J connectivity index is 1.73. The number of carbonyl (C=O) groups is 3. The third-order valence-corrected chi connectivity index (χ3v) is 19.8. The van der Waals surface area contributed by atoms with Crippen molar-refractivity contribution in [1.82, 2.24) is 0 Å². The van der Waals surface area contributed by atoms with Gasteiger partial charge in [0.1, 0.15) is 98.7 Å². The van der Waals surface area contributed by atoms with Gasteiger partial charge in [0.2, 0.25) is 0 Å². The molecule has 3 aliphatic rings. The molecule has 0 spiro atoms. The van der Waals surface area contributed by atoms with Crippen LogP contribution in [-0.4, -0.2) is 204 Å². The van der Waals surface area contributed by atoms with E-state index in [0.717, 1.165) is 109 Å². The van der Waals surface area contributed by atoms with Gasteiger partial charge in [-0.05, 0) is 44.9 Å². The van der Waals surface area contributed by atoms with Crippen molar-refractivity contribution in [3.05, 3.63) is 12.2 Å². The molecular formula is C72H133O24P. The van der Waals surface area contributed by atoms with Crippen molar-refractivity contribution in [2.75, 3.05) is 26.4 Å². The second-order valence-corrected chi connectivity index (χ2v) is 28.8. The first-order valence-corrected chi connectivity index (χ1v) is 39.5. The summed E-state index contributed by atoms with van der Waals surface area (Å²) < 4.78 is 65.0. The zero-order valence-electron chi connectivity index (χ0n) is 59.4. The fourth-order valence-corrected chi connectivity index (χ4v) is 13.5. The summed E-state index contributed by atoms with van der Waals surface area (Å²) in [4.78, 5) is 51.0. The highest BCUT2D eigenvalue weighted by molar-refractivity contribution is 7.47. The number of ether oxygens (including phenoxy) is 7. The highest BCUT2D eigenvalue weighted by Crippen LogP contribution is 2.49. The third-order valence-electron chi connectivity index (χ3n) is 18.8. The van der Waals surface area contributed by atoms with Crippen molar-refractivity contribution in [3.8, 4) is 0 Å². The molecule has 97 heavy (non-hydrogen) atoms. The summed E-state index contributed by atoms with van der Waals surface area (Å²) >= 11 is 0. The molecule has 18 unspecified atom stereocenters. The SMILES string of the molecule is CCCCCC/C=C\CCCCCCCCCC(=O)OCC1OC(OC2C(O)C(O)C(O)C(OC3OC(CO)C(O)C(O)C3O)C2OP(=O)(O)OCC(COC(=O)CCCCCCCCCCCCCCC)OC(=O)CCCCCCCCCCCCCCCC)C(O)C(O)C1O. The summed E-state index contributed by atoms with van der Waals surface area (Å²) in [6.45, 7) is 3.44. The highest BCUT2D eigenvalue weighted by atomic mass is 31.2. The van der Waals surface area contributed by atoms with Gasteiger partial charge in [-0.1, -0.05) is 245 Å². The lowest BCUT2D eigenvalue weighted by molar-refractivity contribution is -0.360. The quantitative estimate of drug-likeness (QED) is 0.00886. The lowest BCUT2D eigenvalue weighted by Gasteiger charge is -2.49. The number of allylic oxidation sites excluding steroid dienone is 2. The second-order valence-electron chi connectivity index (χ2n) is 27.4. The number of hydrogen-bond donors (Lipinski definition) is 11. The normalized spacial score (nSPS) is 27.8. The summed E-state index contributed by atoms with van der Waals surface area (Å²) in [5, 5.41) is 110. The monoisotopic (exact) mass is 1410 g/mol. The maximum absolute atomic E-state index is 14.3. The van der Waals surface area contributed by atoms with E-state index in [0.29, 0.717) is 19.3 Å². The van der Waals surface area contributed by atoms with E-state index >= 15 is 0 Å². The molecule has 0 bridgehead atoms. The van der Waals surface area contributed by atoms with Gasteiger partial charge in [0.05, 0.1) is 13.2 Å². The van der Waals surface area contributed by atoms with E-state index in [2.05, 4.69) is 32.9 Å². The van der Waals surface area contributed by atoms with Crippen LogP contribution in [0, 0.1) is 0 Å². The van der Waals surface area contributed by atoms with E-state index in [9.17, 15) is 74.9 Å². The summed E-state index contributed by atoms with van der Waals surface area (Å²) in [5.74, 6) is -1.98. The van der Waals surface area contributed by atoms with Crippen molar-refractivity contribution in [1.29, 1.82) is 0 Å². The molecule has 2 saturated heterocycles. The molecule has 0 aromatic carbocycles. The molecule has 11 N–H and O–H groups in total. The van der Waals surface area contributed by atoms with Gasteiger partial charge >= 0.3 is 25.7 Å². The van der Waals surface area contributed by atoms with Crippen LogP contribution in [0.4, 0.5) is 0 Å². The number of aliphatic hydroxyl groups is 10. The molecule has 2 heterocycles. The van der Waals surface area contributed by atoms with Gasteiger partial charge in [-0.2, -0.15) is 0 Å². The van der Waals surface area contributed by atoms with Crippen LogP contribution in [0.25, 0.3) is 0 Å². The zero-order valence-corrected chi connectivity index (χ0v) is 60.3. The Morgan fingerprint density at radius 3 is 1.12 bits per heavy atom. The Kier molecular flexibility index (Phi) is 49.8. The molecule has 0 radical (unpaired) electrons. The van der Waals surface area contributed by atoms with Crippen LogP contribution in [-0.2, 0) is 61.2 Å². The fraction of sp³-hybridized carbons (Fsp3) is 0.931. The fourth-order valence-electron chi connectivity index (χ4n) is 12.6. The molecule has 1 saturated carbocycles. The predicted octanol–water partition coefficient (Wildman–Crippen LogP) is 10.4. The molecule has 2 aliphatic heterocycles. The Bertz CT molecular complexity index is 2060. The molecule has 24 nitrogen and oxygen atoms in total. The van der Waals surface area contributed by atoms with Crippen molar-refractivity contribution in [2.24, 2.45) is 0 Å².